The van der Waals surface area contributed by atoms with Gasteiger partial charge in [0.25, 0.3) is 0 Å². The average Bonchev–Trinajstić information content (AvgIpc) is 3.19. The molecule has 2 aromatic carbocycles. The summed E-state index contributed by atoms with van der Waals surface area (Å²) in [4.78, 5) is 17.4. The molecular formula is C25H31F2N3O2. The van der Waals surface area contributed by atoms with Gasteiger partial charge in [0.1, 0.15) is 5.75 Å². The maximum Gasteiger partial charge on any atom is 0.228 e. The van der Waals surface area contributed by atoms with Crippen LogP contribution in [0.2, 0.25) is 0 Å². The molecule has 2 aromatic rings. The number of anilines is 1. The van der Waals surface area contributed by atoms with Gasteiger partial charge in [-0.05, 0) is 87.3 Å². The molecular weight excluding hydrogens is 412 g/mol. The Morgan fingerprint density at radius 2 is 1.81 bits per heavy atom. The molecule has 2 heterocycles. The van der Waals surface area contributed by atoms with Gasteiger partial charge in [0.2, 0.25) is 5.91 Å². The van der Waals surface area contributed by atoms with E-state index in [4.69, 9.17) is 4.74 Å². The summed E-state index contributed by atoms with van der Waals surface area (Å²) in [5.41, 5.74) is 1.59. The van der Waals surface area contributed by atoms with E-state index in [0.717, 1.165) is 55.9 Å². The van der Waals surface area contributed by atoms with Crippen LogP contribution >= 0.6 is 0 Å². The Bertz CT molecular complexity index is 929. The van der Waals surface area contributed by atoms with Gasteiger partial charge >= 0.3 is 0 Å². The lowest BCUT2D eigenvalue weighted by Crippen LogP contribution is -2.41. The van der Waals surface area contributed by atoms with Crippen molar-refractivity contribution in [2.75, 3.05) is 39.1 Å². The number of likely N-dealkylation sites (tertiary alicyclic amines) is 2. The topological polar surface area (TPSA) is 44.8 Å². The van der Waals surface area contributed by atoms with Crippen LogP contribution in [0.25, 0.3) is 0 Å². The number of rotatable bonds is 6. The number of halogens is 2. The van der Waals surface area contributed by atoms with E-state index in [1.807, 2.05) is 24.3 Å². The third-order valence-corrected chi connectivity index (χ3v) is 6.90. The molecule has 5 nitrogen and oxygen atoms in total. The van der Waals surface area contributed by atoms with Gasteiger partial charge in [0, 0.05) is 24.8 Å². The highest BCUT2D eigenvalue weighted by atomic mass is 19.2. The van der Waals surface area contributed by atoms with Crippen LogP contribution in [0, 0.1) is 23.5 Å². The molecule has 2 aliphatic rings. The SMILES string of the molecule is COc1ccc(NC(=O)[C@@H]2C[C@H](C3CCN(Cc4ccc(F)c(F)c4)CC3)N(C)C2)cc1. The smallest absolute Gasteiger partial charge is 0.228 e. The average molecular weight is 444 g/mol. The summed E-state index contributed by atoms with van der Waals surface area (Å²) < 4.78 is 31.8. The minimum absolute atomic E-state index is 0.0210. The Morgan fingerprint density at radius 3 is 2.47 bits per heavy atom. The fourth-order valence-corrected chi connectivity index (χ4v) is 5.08. The zero-order valence-corrected chi connectivity index (χ0v) is 18.7. The molecule has 0 bridgehead atoms. The van der Waals surface area contributed by atoms with E-state index in [-0.39, 0.29) is 11.8 Å². The van der Waals surface area contributed by atoms with Crippen LogP contribution in [-0.4, -0.2) is 55.5 Å². The van der Waals surface area contributed by atoms with E-state index >= 15 is 0 Å². The first-order valence-corrected chi connectivity index (χ1v) is 11.2. The number of hydrogen-bond acceptors (Lipinski definition) is 4. The second-order valence-electron chi connectivity index (χ2n) is 9.02. The summed E-state index contributed by atoms with van der Waals surface area (Å²) in [6.45, 7) is 3.26. The predicted molar refractivity (Wildman–Crippen MR) is 121 cm³/mol. The zero-order valence-electron chi connectivity index (χ0n) is 18.7. The highest BCUT2D eigenvalue weighted by Crippen LogP contribution is 2.34. The molecule has 4 rings (SSSR count). The van der Waals surface area contributed by atoms with E-state index in [1.165, 1.54) is 12.1 Å². The molecule has 2 saturated heterocycles. The molecule has 0 spiro atoms. The fraction of sp³-hybridized carbons (Fsp3) is 0.480. The minimum Gasteiger partial charge on any atom is -0.497 e. The number of ether oxygens (including phenoxy) is 1. The first kappa shape index (κ1) is 22.7. The number of nitrogens with one attached hydrogen (secondary N) is 1. The number of carbonyl (C=O) groups excluding carboxylic acids is 1. The van der Waals surface area contributed by atoms with Gasteiger partial charge in [-0.1, -0.05) is 6.07 Å². The first-order chi connectivity index (χ1) is 15.4. The molecule has 1 amide bonds. The summed E-state index contributed by atoms with van der Waals surface area (Å²) >= 11 is 0. The molecule has 2 atom stereocenters. The highest BCUT2D eigenvalue weighted by molar-refractivity contribution is 5.93. The second-order valence-corrected chi connectivity index (χ2v) is 9.02. The van der Waals surface area contributed by atoms with Gasteiger partial charge in [0.15, 0.2) is 11.6 Å². The molecule has 1 N–H and O–H groups in total. The number of benzene rings is 2. The van der Waals surface area contributed by atoms with Crippen LogP contribution in [0.4, 0.5) is 14.5 Å². The van der Waals surface area contributed by atoms with Crippen LogP contribution in [0.1, 0.15) is 24.8 Å². The van der Waals surface area contributed by atoms with Gasteiger partial charge in [0.05, 0.1) is 13.0 Å². The molecule has 2 fully saturated rings. The second kappa shape index (κ2) is 9.96. The summed E-state index contributed by atoms with van der Waals surface area (Å²) in [6.07, 6.45) is 2.96. The van der Waals surface area contributed by atoms with Crippen LogP contribution in [0.5, 0.6) is 5.75 Å². The van der Waals surface area contributed by atoms with Gasteiger partial charge in [-0.3, -0.25) is 9.69 Å². The summed E-state index contributed by atoms with van der Waals surface area (Å²) in [7, 11) is 3.73. The lowest BCUT2D eigenvalue weighted by atomic mass is 9.86. The normalized spacial score (nSPS) is 22.8. The molecule has 0 aliphatic carbocycles. The van der Waals surface area contributed by atoms with Crippen LogP contribution in [-0.2, 0) is 11.3 Å². The van der Waals surface area contributed by atoms with E-state index in [9.17, 15) is 13.6 Å². The molecule has 0 aromatic heterocycles. The lowest BCUT2D eigenvalue weighted by Gasteiger charge is -2.37. The largest absolute Gasteiger partial charge is 0.497 e. The van der Waals surface area contributed by atoms with Crippen LogP contribution in [0.3, 0.4) is 0 Å². The Hall–Kier alpha value is -2.51. The van der Waals surface area contributed by atoms with Crippen molar-refractivity contribution in [2.45, 2.75) is 31.8 Å². The lowest BCUT2D eigenvalue weighted by molar-refractivity contribution is -0.119. The summed E-state index contributed by atoms with van der Waals surface area (Å²) in [5.74, 6) is -0.238. The van der Waals surface area contributed by atoms with Gasteiger partial charge < -0.3 is 15.0 Å². The number of piperidine rings is 1. The molecule has 7 heteroatoms. The molecule has 0 unspecified atom stereocenters. The van der Waals surface area contributed by atoms with Gasteiger partial charge in [-0.25, -0.2) is 8.78 Å². The van der Waals surface area contributed by atoms with Crippen molar-refractivity contribution in [1.29, 1.82) is 0 Å². The molecule has 32 heavy (non-hydrogen) atoms. The monoisotopic (exact) mass is 443 g/mol. The highest BCUT2D eigenvalue weighted by Gasteiger charge is 2.39. The summed E-state index contributed by atoms with van der Waals surface area (Å²) in [6, 6.07) is 11.9. The van der Waals surface area contributed by atoms with Crippen LogP contribution in [0.15, 0.2) is 42.5 Å². The Morgan fingerprint density at radius 1 is 1.09 bits per heavy atom. The van der Waals surface area contributed by atoms with Crippen LogP contribution < -0.4 is 10.1 Å². The minimum atomic E-state index is -0.803. The van der Waals surface area contributed by atoms with Crippen molar-refractivity contribution in [3.63, 3.8) is 0 Å². The maximum atomic E-state index is 13.5. The van der Waals surface area contributed by atoms with Gasteiger partial charge in [-0.2, -0.15) is 0 Å². The molecule has 2 aliphatic heterocycles. The van der Waals surface area contributed by atoms with Crippen molar-refractivity contribution in [3.8, 4) is 5.75 Å². The number of carbonyl (C=O) groups is 1. The van der Waals surface area contributed by atoms with Crippen molar-refractivity contribution in [1.82, 2.24) is 9.80 Å². The first-order valence-electron chi connectivity index (χ1n) is 11.2. The number of methoxy groups -OCH3 is 1. The fourth-order valence-electron chi connectivity index (χ4n) is 5.08. The number of nitrogens with zero attached hydrogens (tertiary/aromatic N) is 2. The number of hydrogen-bond donors (Lipinski definition) is 1. The predicted octanol–water partition coefficient (Wildman–Crippen LogP) is 4.14. The summed E-state index contributed by atoms with van der Waals surface area (Å²) in [5, 5.41) is 3.04. The zero-order chi connectivity index (χ0) is 22.7. The molecule has 0 radical (unpaired) electrons. The Balaban J connectivity index is 1.27. The molecule has 172 valence electrons. The van der Waals surface area contributed by atoms with Crippen molar-refractivity contribution in [2.24, 2.45) is 11.8 Å². The van der Waals surface area contributed by atoms with Gasteiger partial charge in [-0.15, -0.1) is 0 Å². The van der Waals surface area contributed by atoms with Crippen molar-refractivity contribution < 1.29 is 18.3 Å². The van der Waals surface area contributed by atoms with E-state index < -0.39 is 11.6 Å². The quantitative estimate of drug-likeness (QED) is 0.729. The number of amides is 1. The van der Waals surface area contributed by atoms with Crippen molar-refractivity contribution in [3.05, 3.63) is 59.7 Å². The van der Waals surface area contributed by atoms with Crippen molar-refractivity contribution >= 4 is 11.6 Å². The molecule has 0 saturated carbocycles. The Kier molecular flexibility index (Phi) is 7.06. The van der Waals surface area contributed by atoms with E-state index in [2.05, 4.69) is 22.2 Å². The van der Waals surface area contributed by atoms with E-state index in [1.54, 1.807) is 13.2 Å². The van der Waals surface area contributed by atoms with E-state index in [0.29, 0.717) is 18.5 Å². The third kappa shape index (κ3) is 5.27. The standard InChI is InChI=1S/C25H31F2N3O2/c1-29-16-19(25(31)28-20-4-6-21(32-2)7-5-20)14-24(29)18-9-11-30(12-10-18)15-17-3-8-22(26)23(27)13-17/h3-8,13,18-19,24H,9-12,14-16H2,1-2H3,(H,28,31)/t19-,24-/m1/s1. The third-order valence-electron chi connectivity index (χ3n) is 6.90. The Labute approximate surface area is 188 Å². The maximum absolute atomic E-state index is 13.5.